The number of carboxylic acids is 1. The summed E-state index contributed by atoms with van der Waals surface area (Å²) >= 11 is 0. The number of likely N-dealkylation sites (tertiary alicyclic amines) is 1. The van der Waals surface area contributed by atoms with Gasteiger partial charge in [-0.3, -0.25) is 4.79 Å². The van der Waals surface area contributed by atoms with Gasteiger partial charge in [0.1, 0.15) is 12.6 Å². The second-order valence-corrected chi connectivity index (χ2v) is 4.66. The molecule has 0 saturated carbocycles. The lowest BCUT2D eigenvalue weighted by Gasteiger charge is -2.32. The van der Waals surface area contributed by atoms with E-state index in [1.54, 1.807) is 13.8 Å². The second kappa shape index (κ2) is 5.70. The minimum absolute atomic E-state index is 0.195. The minimum Gasteiger partial charge on any atom is -0.480 e. The van der Waals surface area contributed by atoms with E-state index in [2.05, 4.69) is 0 Å². The van der Waals surface area contributed by atoms with Crippen molar-refractivity contribution >= 4 is 17.9 Å². The number of carboxylic acid groups (broad SMARTS) is 1. The maximum absolute atomic E-state index is 12.2. The predicted octanol–water partition coefficient (Wildman–Crippen LogP) is -0.149. The first-order chi connectivity index (χ1) is 8.34. The van der Waals surface area contributed by atoms with Crippen LogP contribution in [0.4, 0.5) is 4.79 Å². The molecule has 0 aromatic rings. The molecule has 0 unspecified atom stereocenters. The molecular weight excluding hydrogens is 238 g/mol. The van der Waals surface area contributed by atoms with Gasteiger partial charge in [0, 0.05) is 12.6 Å². The second-order valence-electron chi connectivity index (χ2n) is 4.66. The Bertz CT molecular complexity index is 352. The van der Waals surface area contributed by atoms with E-state index in [1.165, 1.54) is 9.80 Å². The molecule has 7 heteroatoms. The number of rotatable bonds is 4. The summed E-state index contributed by atoms with van der Waals surface area (Å²) in [6.45, 7) is 3.72. The van der Waals surface area contributed by atoms with Crippen molar-refractivity contribution in [2.24, 2.45) is 5.73 Å². The molecule has 1 rings (SSSR count). The first-order valence-corrected chi connectivity index (χ1v) is 5.93. The van der Waals surface area contributed by atoms with Crippen molar-refractivity contribution in [2.75, 3.05) is 13.1 Å². The van der Waals surface area contributed by atoms with Gasteiger partial charge in [-0.2, -0.15) is 0 Å². The van der Waals surface area contributed by atoms with Crippen LogP contribution in [0.2, 0.25) is 0 Å². The summed E-state index contributed by atoms with van der Waals surface area (Å²) in [6.07, 6.45) is 1.11. The topological polar surface area (TPSA) is 104 Å². The quantitative estimate of drug-likeness (QED) is 0.730. The number of hydrogen-bond donors (Lipinski definition) is 2. The van der Waals surface area contributed by atoms with Crippen molar-refractivity contribution in [3.63, 3.8) is 0 Å². The standard InChI is InChI=1S/C11H19N3O4/c1-7(2)14(6-9(12)15)11(18)13-5-3-4-8(13)10(16)17/h7-8H,3-6H2,1-2H3,(H2,12,15)(H,16,17)/t8-/m1/s1. The van der Waals surface area contributed by atoms with Crippen LogP contribution >= 0.6 is 0 Å². The van der Waals surface area contributed by atoms with Crippen molar-refractivity contribution in [3.05, 3.63) is 0 Å². The van der Waals surface area contributed by atoms with E-state index >= 15 is 0 Å². The van der Waals surface area contributed by atoms with Crippen LogP contribution in [0.3, 0.4) is 0 Å². The Hall–Kier alpha value is -1.79. The van der Waals surface area contributed by atoms with Gasteiger partial charge in [-0.1, -0.05) is 0 Å². The van der Waals surface area contributed by atoms with Crippen LogP contribution < -0.4 is 5.73 Å². The van der Waals surface area contributed by atoms with Gasteiger partial charge < -0.3 is 20.6 Å². The highest BCUT2D eigenvalue weighted by Crippen LogP contribution is 2.20. The van der Waals surface area contributed by atoms with Gasteiger partial charge in [0.25, 0.3) is 0 Å². The number of nitrogens with zero attached hydrogens (tertiary/aromatic N) is 2. The van der Waals surface area contributed by atoms with Crippen LogP contribution in [0, 0.1) is 0 Å². The molecule has 0 aromatic heterocycles. The number of carbonyl (C=O) groups excluding carboxylic acids is 2. The Morgan fingerprint density at radius 2 is 2.06 bits per heavy atom. The van der Waals surface area contributed by atoms with E-state index in [-0.39, 0.29) is 12.6 Å². The lowest BCUT2D eigenvalue weighted by Crippen LogP contribution is -2.52. The number of aliphatic carboxylic acids is 1. The van der Waals surface area contributed by atoms with E-state index in [0.717, 1.165) is 0 Å². The fourth-order valence-electron chi connectivity index (χ4n) is 2.06. The van der Waals surface area contributed by atoms with E-state index in [0.29, 0.717) is 19.4 Å². The van der Waals surface area contributed by atoms with E-state index in [4.69, 9.17) is 10.8 Å². The highest BCUT2D eigenvalue weighted by atomic mass is 16.4. The molecule has 1 aliphatic rings. The van der Waals surface area contributed by atoms with E-state index in [1.807, 2.05) is 0 Å². The highest BCUT2D eigenvalue weighted by Gasteiger charge is 2.37. The molecule has 0 aliphatic carbocycles. The number of carbonyl (C=O) groups is 3. The van der Waals surface area contributed by atoms with Crippen LogP contribution in [-0.2, 0) is 9.59 Å². The smallest absolute Gasteiger partial charge is 0.326 e. The number of urea groups is 1. The van der Waals surface area contributed by atoms with Crippen molar-refractivity contribution in [3.8, 4) is 0 Å². The molecule has 1 aliphatic heterocycles. The summed E-state index contributed by atoms with van der Waals surface area (Å²) in [5.74, 6) is -1.62. The zero-order chi connectivity index (χ0) is 13.9. The molecule has 3 N–H and O–H groups in total. The van der Waals surface area contributed by atoms with Gasteiger partial charge in [0.15, 0.2) is 0 Å². The maximum atomic E-state index is 12.2. The summed E-state index contributed by atoms with van der Waals surface area (Å²) in [4.78, 5) is 36.8. The van der Waals surface area contributed by atoms with Gasteiger partial charge in [0.05, 0.1) is 0 Å². The molecule has 0 radical (unpaired) electrons. The van der Waals surface area contributed by atoms with Gasteiger partial charge >= 0.3 is 12.0 Å². The Labute approximate surface area is 106 Å². The maximum Gasteiger partial charge on any atom is 0.326 e. The first-order valence-electron chi connectivity index (χ1n) is 5.93. The Morgan fingerprint density at radius 1 is 1.44 bits per heavy atom. The predicted molar refractivity (Wildman–Crippen MR) is 63.8 cm³/mol. The first kappa shape index (κ1) is 14.3. The van der Waals surface area contributed by atoms with Crippen LogP contribution in [-0.4, -0.2) is 58.0 Å². The summed E-state index contributed by atoms with van der Waals surface area (Å²) < 4.78 is 0. The molecule has 1 heterocycles. The zero-order valence-corrected chi connectivity index (χ0v) is 10.6. The van der Waals surface area contributed by atoms with Gasteiger partial charge in [-0.25, -0.2) is 9.59 Å². The Balaban J connectivity index is 2.82. The monoisotopic (exact) mass is 257 g/mol. The third kappa shape index (κ3) is 3.12. The minimum atomic E-state index is -1.01. The fourth-order valence-corrected chi connectivity index (χ4v) is 2.06. The molecular formula is C11H19N3O4. The molecule has 0 bridgehead atoms. The average Bonchev–Trinajstić information content (AvgIpc) is 2.73. The van der Waals surface area contributed by atoms with Gasteiger partial charge in [-0.15, -0.1) is 0 Å². The fraction of sp³-hybridized carbons (Fsp3) is 0.727. The molecule has 102 valence electrons. The summed E-state index contributed by atoms with van der Waals surface area (Å²) in [5.41, 5.74) is 5.09. The SMILES string of the molecule is CC(C)N(CC(N)=O)C(=O)N1CCC[C@@H]1C(=O)O. The molecule has 0 aromatic carbocycles. The molecule has 18 heavy (non-hydrogen) atoms. The van der Waals surface area contributed by atoms with Crippen LogP contribution in [0.15, 0.2) is 0 Å². The molecule has 0 spiro atoms. The van der Waals surface area contributed by atoms with Gasteiger partial charge in [-0.05, 0) is 26.7 Å². The number of amides is 3. The third-order valence-corrected chi connectivity index (χ3v) is 2.98. The summed E-state index contributed by atoms with van der Waals surface area (Å²) in [7, 11) is 0. The molecule has 7 nitrogen and oxygen atoms in total. The van der Waals surface area contributed by atoms with Crippen LogP contribution in [0.1, 0.15) is 26.7 Å². The normalized spacial score (nSPS) is 19.1. The molecule has 1 atom stereocenters. The highest BCUT2D eigenvalue weighted by molar-refractivity contribution is 5.86. The van der Waals surface area contributed by atoms with E-state index in [9.17, 15) is 14.4 Å². The largest absolute Gasteiger partial charge is 0.480 e. The van der Waals surface area contributed by atoms with Crippen molar-refractivity contribution < 1.29 is 19.5 Å². The molecule has 1 saturated heterocycles. The van der Waals surface area contributed by atoms with Crippen molar-refractivity contribution in [1.29, 1.82) is 0 Å². The average molecular weight is 257 g/mol. The summed E-state index contributed by atoms with van der Waals surface area (Å²) in [5, 5.41) is 9.03. The molecule has 1 fully saturated rings. The van der Waals surface area contributed by atoms with Crippen LogP contribution in [0.5, 0.6) is 0 Å². The number of nitrogens with two attached hydrogens (primary N) is 1. The summed E-state index contributed by atoms with van der Waals surface area (Å²) in [6, 6.07) is -1.44. The number of primary amides is 1. The Kier molecular flexibility index (Phi) is 4.52. The third-order valence-electron chi connectivity index (χ3n) is 2.98. The van der Waals surface area contributed by atoms with Crippen molar-refractivity contribution in [1.82, 2.24) is 9.80 Å². The van der Waals surface area contributed by atoms with Gasteiger partial charge in [0.2, 0.25) is 5.91 Å². The van der Waals surface area contributed by atoms with Crippen molar-refractivity contribution in [2.45, 2.75) is 38.8 Å². The Morgan fingerprint density at radius 3 is 2.50 bits per heavy atom. The van der Waals surface area contributed by atoms with Crippen LogP contribution in [0.25, 0.3) is 0 Å². The zero-order valence-electron chi connectivity index (χ0n) is 10.6. The molecule has 3 amide bonds. The van der Waals surface area contributed by atoms with E-state index < -0.39 is 23.9 Å². The number of hydrogen-bond acceptors (Lipinski definition) is 3. The lowest BCUT2D eigenvalue weighted by molar-refractivity contribution is -0.141. The lowest BCUT2D eigenvalue weighted by atomic mass is 10.2.